The van der Waals surface area contributed by atoms with Crippen LogP contribution in [0.5, 0.6) is 0 Å². The zero-order chi connectivity index (χ0) is 19.0. The molecular formula is C22H33N5O. The summed E-state index contributed by atoms with van der Waals surface area (Å²) in [5, 5.41) is 4.55. The minimum absolute atomic E-state index is 0.0429. The van der Waals surface area contributed by atoms with E-state index in [4.69, 9.17) is 0 Å². The zero-order valence-corrected chi connectivity index (χ0v) is 17.1. The second-order valence-electron chi connectivity index (χ2n) is 11.1. The standard InChI is InChI=1S/C22H33N5O/c1-25-5-2-20(3-6-25)4-7-26(14-20)19(28)21-9-17-8-18(10-21)12-22(11-17,13-21)27-16-23-15-24-27/h15-18H,2-14H2,1H3. The van der Waals surface area contributed by atoms with Crippen LogP contribution in [0.2, 0.25) is 0 Å². The van der Waals surface area contributed by atoms with Crippen LogP contribution in [-0.2, 0) is 10.3 Å². The summed E-state index contributed by atoms with van der Waals surface area (Å²) < 4.78 is 2.12. The topological polar surface area (TPSA) is 54.3 Å². The van der Waals surface area contributed by atoms with Crippen LogP contribution in [0.4, 0.5) is 0 Å². The van der Waals surface area contributed by atoms with E-state index in [-0.39, 0.29) is 11.0 Å². The van der Waals surface area contributed by atoms with Gasteiger partial charge in [0.25, 0.3) is 0 Å². The number of carbonyl (C=O) groups is 1. The van der Waals surface area contributed by atoms with Gasteiger partial charge in [0.05, 0.1) is 11.0 Å². The van der Waals surface area contributed by atoms with Crippen molar-refractivity contribution < 1.29 is 4.79 Å². The molecule has 7 rings (SSSR count). The van der Waals surface area contributed by atoms with Gasteiger partial charge in [0.1, 0.15) is 12.7 Å². The fourth-order valence-corrected chi connectivity index (χ4v) is 8.13. The largest absolute Gasteiger partial charge is 0.342 e. The molecule has 4 saturated carbocycles. The van der Waals surface area contributed by atoms with Gasteiger partial charge < -0.3 is 9.80 Å². The van der Waals surface area contributed by atoms with Crippen molar-refractivity contribution in [1.82, 2.24) is 24.6 Å². The molecule has 0 aromatic carbocycles. The fourth-order valence-electron chi connectivity index (χ4n) is 8.13. The number of nitrogens with zero attached hydrogens (tertiary/aromatic N) is 5. The maximum Gasteiger partial charge on any atom is 0.228 e. The highest BCUT2D eigenvalue weighted by Gasteiger charge is 2.63. The molecule has 1 spiro atoms. The summed E-state index contributed by atoms with van der Waals surface area (Å²) in [4.78, 5) is 22.9. The van der Waals surface area contributed by atoms with Crippen molar-refractivity contribution in [3.05, 3.63) is 12.7 Å². The average Bonchev–Trinajstić information content (AvgIpc) is 3.34. The highest BCUT2D eigenvalue weighted by molar-refractivity contribution is 5.84. The Morgan fingerprint density at radius 3 is 2.43 bits per heavy atom. The number of piperidine rings is 1. The van der Waals surface area contributed by atoms with E-state index >= 15 is 0 Å². The predicted molar refractivity (Wildman–Crippen MR) is 105 cm³/mol. The molecule has 3 heterocycles. The highest BCUT2D eigenvalue weighted by Crippen LogP contribution is 2.64. The first kappa shape index (κ1) is 17.4. The van der Waals surface area contributed by atoms with Crippen molar-refractivity contribution in [2.24, 2.45) is 22.7 Å². The van der Waals surface area contributed by atoms with Gasteiger partial charge in [-0.1, -0.05) is 0 Å². The van der Waals surface area contributed by atoms with E-state index in [0.717, 1.165) is 32.4 Å². The number of amides is 1. The lowest BCUT2D eigenvalue weighted by Gasteiger charge is -2.61. The fraction of sp³-hybridized carbons (Fsp3) is 0.864. The van der Waals surface area contributed by atoms with Gasteiger partial charge in [-0.15, -0.1) is 0 Å². The van der Waals surface area contributed by atoms with E-state index in [1.165, 1.54) is 51.6 Å². The van der Waals surface area contributed by atoms with E-state index < -0.39 is 0 Å². The molecular weight excluding hydrogens is 350 g/mol. The molecule has 6 nitrogen and oxygen atoms in total. The lowest BCUT2D eigenvalue weighted by Crippen LogP contribution is -2.61. The van der Waals surface area contributed by atoms with Crippen LogP contribution in [0, 0.1) is 22.7 Å². The van der Waals surface area contributed by atoms with Crippen molar-refractivity contribution in [3.63, 3.8) is 0 Å². The van der Waals surface area contributed by atoms with Gasteiger partial charge in [0.15, 0.2) is 0 Å². The van der Waals surface area contributed by atoms with Crippen LogP contribution in [0.1, 0.15) is 57.8 Å². The molecule has 152 valence electrons. The molecule has 2 saturated heterocycles. The van der Waals surface area contributed by atoms with E-state index in [2.05, 4.69) is 31.6 Å². The molecule has 4 aliphatic carbocycles. The number of rotatable bonds is 2. The first-order valence-electron chi connectivity index (χ1n) is 11.3. The van der Waals surface area contributed by atoms with Crippen LogP contribution >= 0.6 is 0 Å². The second-order valence-corrected chi connectivity index (χ2v) is 11.1. The molecule has 0 N–H and O–H groups in total. The van der Waals surface area contributed by atoms with Crippen LogP contribution < -0.4 is 0 Å². The van der Waals surface area contributed by atoms with Gasteiger partial charge in [-0.2, -0.15) is 5.10 Å². The molecule has 1 aromatic heterocycles. The second kappa shape index (κ2) is 5.80. The zero-order valence-electron chi connectivity index (χ0n) is 17.1. The Kier molecular flexibility index (Phi) is 3.61. The van der Waals surface area contributed by atoms with Crippen molar-refractivity contribution >= 4 is 5.91 Å². The van der Waals surface area contributed by atoms with Gasteiger partial charge in [0, 0.05) is 13.1 Å². The molecule has 6 heteroatoms. The van der Waals surface area contributed by atoms with Crippen LogP contribution in [0.25, 0.3) is 0 Å². The lowest BCUT2D eigenvalue weighted by atomic mass is 9.46. The van der Waals surface area contributed by atoms with Crippen molar-refractivity contribution in [2.75, 3.05) is 33.2 Å². The minimum atomic E-state index is -0.132. The average molecular weight is 384 g/mol. The van der Waals surface area contributed by atoms with Crippen molar-refractivity contribution in [3.8, 4) is 0 Å². The first-order valence-corrected chi connectivity index (χ1v) is 11.3. The number of hydrogen-bond acceptors (Lipinski definition) is 4. The molecule has 4 bridgehead atoms. The molecule has 0 radical (unpaired) electrons. The molecule has 1 amide bonds. The first-order chi connectivity index (χ1) is 13.5. The third-order valence-electron chi connectivity index (χ3n) is 9.16. The smallest absolute Gasteiger partial charge is 0.228 e. The Hall–Kier alpha value is -1.43. The van der Waals surface area contributed by atoms with Crippen LogP contribution in [0.3, 0.4) is 0 Å². The summed E-state index contributed by atoms with van der Waals surface area (Å²) in [6.07, 6.45) is 14.2. The summed E-state index contributed by atoms with van der Waals surface area (Å²) in [5.41, 5.74) is 0.308. The number of likely N-dealkylation sites (tertiary alicyclic amines) is 2. The van der Waals surface area contributed by atoms with Gasteiger partial charge in [0.2, 0.25) is 5.91 Å². The Morgan fingerprint density at radius 2 is 1.75 bits per heavy atom. The summed E-state index contributed by atoms with van der Waals surface area (Å²) >= 11 is 0. The Bertz CT molecular complexity index is 752. The van der Waals surface area contributed by atoms with Gasteiger partial charge >= 0.3 is 0 Å². The van der Waals surface area contributed by atoms with Crippen molar-refractivity contribution in [2.45, 2.75) is 63.3 Å². The molecule has 2 unspecified atom stereocenters. The lowest BCUT2D eigenvalue weighted by molar-refractivity contribution is -0.166. The van der Waals surface area contributed by atoms with Gasteiger partial charge in [-0.3, -0.25) is 4.79 Å². The van der Waals surface area contributed by atoms with Gasteiger partial charge in [-0.25, -0.2) is 9.67 Å². The minimum Gasteiger partial charge on any atom is -0.342 e. The monoisotopic (exact) mass is 383 g/mol. The molecule has 1 aromatic rings. The Labute approximate surface area is 167 Å². The summed E-state index contributed by atoms with van der Waals surface area (Å²) in [6.45, 7) is 4.36. The maximum absolute atomic E-state index is 14.0. The maximum atomic E-state index is 14.0. The summed E-state index contributed by atoms with van der Waals surface area (Å²) in [5.74, 6) is 1.87. The predicted octanol–water partition coefficient (Wildman–Crippen LogP) is 2.52. The SMILES string of the molecule is CN1CCC2(CC1)CCN(C(=O)C13CC4CC(C1)CC(n1cncn1)(C4)C3)C2. The molecule has 2 aliphatic heterocycles. The Morgan fingerprint density at radius 1 is 1.04 bits per heavy atom. The highest BCUT2D eigenvalue weighted by atomic mass is 16.2. The van der Waals surface area contributed by atoms with Crippen LogP contribution in [0.15, 0.2) is 12.7 Å². The van der Waals surface area contributed by atoms with Crippen molar-refractivity contribution in [1.29, 1.82) is 0 Å². The Balaban J connectivity index is 1.26. The van der Waals surface area contributed by atoms with Gasteiger partial charge in [-0.05, 0) is 95.2 Å². The summed E-state index contributed by atoms with van der Waals surface area (Å²) in [7, 11) is 2.23. The molecule has 6 aliphatic rings. The normalized spacial score (nSPS) is 41.8. The molecule has 28 heavy (non-hydrogen) atoms. The van der Waals surface area contributed by atoms with E-state index in [1.54, 1.807) is 6.33 Å². The molecule has 2 atom stereocenters. The number of carbonyl (C=O) groups excluding carboxylic acids is 1. The van der Waals surface area contributed by atoms with E-state index in [1.807, 2.05) is 6.33 Å². The molecule has 6 fully saturated rings. The quantitative estimate of drug-likeness (QED) is 0.787. The van der Waals surface area contributed by atoms with E-state index in [9.17, 15) is 4.79 Å². The van der Waals surface area contributed by atoms with E-state index in [0.29, 0.717) is 23.2 Å². The number of hydrogen-bond donors (Lipinski definition) is 0. The summed E-state index contributed by atoms with van der Waals surface area (Å²) in [6, 6.07) is 0. The van der Waals surface area contributed by atoms with Crippen LogP contribution in [-0.4, -0.2) is 63.7 Å². The number of aromatic nitrogens is 3. The third kappa shape index (κ3) is 2.45. The third-order valence-corrected chi connectivity index (χ3v) is 9.16.